The summed E-state index contributed by atoms with van der Waals surface area (Å²) in [5.41, 5.74) is 0. The fourth-order valence-corrected chi connectivity index (χ4v) is 6.97. The van der Waals surface area contributed by atoms with E-state index >= 15 is 0 Å². The van der Waals surface area contributed by atoms with E-state index in [1.807, 2.05) is 0 Å². The molecule has 0 aromatic rings. The van der Waals surface area contributed by atoms with Crippen molar-refractivity contribution in [1.29, 1.82) is 0 Å². The third-order valence-electron chi connectivity index (χ3n) is 10.5. The van der Waals surface area contributed by atoms with Gasteiger partial charge >= 0.3 is 6.09 Å². The van der Waals surface area contributed by atoms with Gasteiger partial charge in [0.05, 0.1) is 6.61 Å². The van der Waals surface area contributed by atoms with Crippen molar-refractivity contribution in [1.82, 2.24) is 5.32 Å². The van der Waals surface area contributed by atoms with Gasteiger partial charge in [0.25, 0.3) is 0 Å². The van der Waals surface area contributed by atoms with Crippen molar-refractivity contribution in [2.45, 2.75) is 258 Å². The molecule has 0 rings (SSSR count). The highest BCUT2D eigenvalue weighted by molar-refractivity contribution is 5.67. The van der Waals surface area contributed by atoms with Crippen molar-refractivity contribution in [3.63, 3.8) is 0 Å². The lowest BCUT2D eigenvalue weighted by Crippen LogP contribution is -2.32. The second-order valence-corrected chi connectivity index (χ2v) is 15.8. The quantitative estimate of drug-likeness (QED) is 0.0636. The van der Waals surface area contributed by atoms with Crippen LogP contribution >= 0.6 is 0 Å². The van der Waals surface area contributed by atoms with Crippen molar-refractivity contribution in [3.05, 3.63) is 0 Å². The lowest BCUT2D eigenvalue weighted by molar-refractivity contribution is -0.0468. The highest BCUT2D eigenvalue weighted by atomic mass is 16.6. The molecule has 0 aromatic carbocycles. The van der Waals surface area contributed by atoms with E-state index in [1.54, 1.807) is 0 Å². The van der Waals surface area contributed by atoms with Crippen LogP contribution in [0.4, 0.5) is 4.79 Å². The number of carbonyl (C=O) groups excluding carboxylic acids is 1. The molecule has 5 nitrogen and oxygen atoms in total. The van der Waals surface area contributed by atoms with Crippen LogP contribution in [-0.2, 0) is 14.2 Å². The number of hydrogen-bond acceptors (Lipinski definition) is 4. The molecule has 0 saturated carbocycles. The summed E-state index contributed by atoms with van der Waals surface area (Å²) in [4.78, 5) is 12.2. The van der Waals surface area contributed by atoms with E-state index in [2.05, 4.69) is 26.1 Å². The zero-order valence-corrected chi connectivity index (χ0v) is 35.2. The zero-order chi connectivity index (χ0) is 37.0. The van der Waals surface area contributed by atoms with E-state index in [-0.39, 0.29) is 18.8 Å². The molecule has 0 aromatic heterocycles. The van der Waals surface area contributed by atoms with Crippen molar-refractivity contribution >= 4 is 6.09 Å². The van der Waals surface area contributed by atoms with E-state index in [9.17, 15) is 4.79 Å². The molecule has 0 radical (unpaired) electrons. The Labute approximate surface area is 320 Å². The maximum atomic E-state index is 12.2. The largest absolute Gasteiger partial charge is 0.447 e. The minimum atomic E-state index is -0.333. The Morgan fingerprint density at radius 1 is 0.392 bits per heavy atom. The third-order valence-corrected chi connectivity index (χ3v) is 10.5. The topological polar surface area (TPSA) is 56.8 Å². The van der Waals surface area contributed by atoms with Gasteiger partial charge in [-0.1, -0.05) is 233 Å². The van der Waals surface area contributed by atoms with Gasteiger partial charge in [-0.25, -0.2) is 4.79 Å². The molecule has 0 heterocycles. The molecule has 0 spiro atoms. The second kappa shape index (κ2) is 45.3. The number of ether oxygens (including phenoxy) is 3. The van der Waals surface area contributed by atoms with E-state index in [4.69, 9.17) is 14.2 Å². The number of hydrogen-bond donors (Lipinski definition) is 1. The Balaban J connectivity index is 3.89. The number of nitrogens with one attached hydrogen (secondary N) is 1. The average Bonchev–Trinajstić information content (AvgIpc) is 3.14. The number of rotatable bonds is 44. The summed E-state index contributed by atoms with van der Waals surface area (Å²) < 4.78 is 17.7. The molecule has 306 valence electrons. The molecular formula is C46H93NO4. The highest BCUT2D eigenvalue weighted by Gasteiger charge is 2.13. The van der Waals surface area contributed by atoms with Gasteiger partial charge < -0.3 is 19.5 Å². The van der Waals surface area contributed by atoms with E-state index in [0.29, 0.717) is 19.8 Å². The normalized spacial score (nSPS) is 12.1. The molecule has 0 bridgehead atoms. The smallest absolute Gasteiger partial charge is 0.407 e. The van der Waals surface area contributed by atoms with E-state index < -0.39 is 0 Å². The predicted octanol–water partition coefficient (Wildman–Crippen LogP) is 15.2. The molecule has 0 saturated heterocycles. The van der Waals surface area contributed by atoms with Crippen LogP contribution in [0.15, 0.2) is 0 Å². The first-order chi connectivity index (χ1) is 25.2. The van der Waals surface area contributed by atoms with Crippen LogP contribution in [0, 0.1) is 0 Å². The SMILES string of the molecule is CCCCCCCCCCCCCCCCCCOC[C@@H](COC(=O)NCCCCCC)OCCCCCCCCCCCCCCCCCC. The van der Waals surface area contributed by atoms with Crippen LogP contribution < -0.4 is 5.32 Å². The first-order valence-corrected chi connectivity index (χ1v) is 23.3. The van der Waals surface area contributed by atoms with Gasteiger partial charge in [0.15, 0.2) is 0 Å². The Bertz CT molecular complexity index is 645. The van der Waals surface area contributed by atoms with Gasteiger partial charge in [-0.05, 0) is 19.3 Å². The van der Waals surface area contributed by atoms with Crippen molar-refractivity contribution in [2.75, 3.05) is 33.0 Å². The number of carbonyl (C=O) groups is 1. The monoisotopic (exact) mass is 724 g/mol. The highest BCUT2D eigenvalue weighted by Crippen LogP contribution is 2.15. The Hall–Kier alpha value is -0.810. The van der Waals surface area contributed by atoms with Gasteiger partial charge in [-0.2, -0.15) is 0 Å². The third kappa shape index (κ3) is 43.5. The fraction of sp³-hybridized carbons (Fsp3) is 0.978. The Kier molecular flexibility index (Phi) is 44.6. The molecule has 51 heavy (non-hydrogen) atoms. The van der Waals surface area contributed by atoms with Crippen molar-refractivity contribution in [2.24, 2.45) is 0 Å². The van der Waals surface area contributed by atoms with Gasteiger partial charge in [0.1, 0.15) is 12.7 Å². The van der Waals surface area contributed by atoms with Crippen LogP contribution in [0.25, 0.3) is 0 Å². The minimum Gasteiger partial charge on any atom is -0.447 e. The second-order valence-electron chi connectivity index (χ2n) is 15.8. The van der Waals surface area contributed by atoms with Crippen molar-refractivity contribution < 1.29 is 19.0 Å². The van der Waals surface area contributed by atoms with Crippen LogP contribution in [0.3, 0.4) is 0 Å². The molecule has 0 fully saturated rings. The maximum Gasteiger partial charge on any atom is 0.407 e. The first kappa shape index (κ1) is 50.2. The number of alkyl carbamates (subject to hydrolysis) is 1. The molecule has 0 unspecified atom stereocenters. The molecule has 0 aliphatic rings. The molecule has 5 heteroatoms. The van der Waals surface area contributed by atoms with Gasteiger partial charge in [0, 0.05) is 19.8 Å². The van der Waals surface area contributed by atoms with Gasteiger partial charge in [0.2, 0.25) is 0 Å². The predicted molar refractivity (Wildman–Crippen MR) is 223 cm³/mol. The van der Waals surface area contributed by atoms with E-state index in [0.717, 1.165) is 32.3 Å². The summed E-state index contributed by atoms with van der Waals surface area (Å²) in [5, 5.41) is 2.89. The summed E-state index contributed by atoms with van der Waals surface area (Å²) in [5.74, 6) is 0. The molecule has 0 aliphatic heterocycles. The Morgan fingerprint density at radius 3 is 1.08 bits per heavy atom. The van der Waals surface area contributed by atoms with Gasteiger partial charge in [-0.15, -0.1) is 0 Å². The fourth-order valence-electron chi connectivity index (χ4n) is 6.97. The average molecular weight is 724 g/mol. The summed E-state index contributed by atoms with van der Waals surface area (Å²) in [6, 6.07) is 0. The molecule has 1 atom stereocenters. The molecule has 1 amide bonds. The molecular weight excluding hydrogens is 631 g/mol. The summed E-state index contributed by atoms with van der Waals surface area (Å²) in [6.45, 7) is 9.71. The maximum absolute atomic E-state index is 12.2. The zero-order valence-electron chi connectivity index (χ0n) is 35.2. The van der Waals surface area contributed by atoms with Gasteiger partial charge in [-0.3, -0.25) is 0 Å². The lowest BCUT2D eigenvalue weighted by atomic mass is 10.0. The minimum absolute atomic E-state index is 0.187. The number of amides is 1. The standard InChI is InChI=1S/C46H93NO4/c1-4-7-10-13-15-17-19-21-23-25-27-29-31-33-35-38-41-49-43-45(44-51-46(48)47-40-37-12-9-6-3)50-42-39-36-34-32-30-28-26-24-22-20-18-16-14-11-8-5-2/h45H,4-44H2,1-3H3,(H,47,48)/t45-/m0/s1. The van der Waals surface area contributed by atoms with Crippen molar-refractivity contribution in [3.8, 4) is 0 Å². The van der Waals surface area contributed by atoms with Crippen LogP contribution in [0.1, 0.15) is 252 Å². The summed E-state index contributed by atoms with van der Waals surface area (Å²) in [7, 11) is 0. The number of unbranched alkanes of at least 4 members (excludes halogenated alkanes) is 33. The van der Waals surface area contributed by atoms with E-state index in [1.165, 1.54) is 205 Å². The van der Waals surface area contributed by atoms with Crippen LogP contribution in [0.2, 0.25) is 0 Å². The van der Waals surface area contributed by atoms with Crippen LogP contribution in [0.5, 0.6) is 0 Å². The summed E-state index contributed by atoms with van der Waals surface area (Å²) >= 11 is 0. The molecule has 1 N–H and O–H groups in total. The summed E-state index contributed by atoms with van der Waals surface area (Å²) in [6.07, 6.45) is 48.0. The first-order valence-electron chi connectivity index (χ1n) is 23.3. The lowest BCUT2D eigenvalue weighted by Gasteiger charge is -2.18. The Morgan fingerprint density at radius 2 is 0.706 bits per heavy atom. The van der Waals surface area contributed by atoms with Crippen LogP contribution in [-0.4, -0.2) is 45.2 Å². The molecule has 0 aliphatic carbocycles.